The first-order valence-corrected chi connectivity index (χ1v) is 10.9. The Kier molecular flexibility index (Phi) is 5.32. The first-order chi connectivity index (χ1) is 12.6. The highest BCUT2D eigenvalue weighted by molar-refractivity contribution is 7.99. The Morgan fingerprint density at radius 2 is 2.04 bits per heavy atom. The van der Waals surface area contributed by atoms with Crippen LogP contribution in [0.25, 0.3) is 0 Å². The topological polar surface area (TPSA) is 50.8 Å². The Labute approximate surface area is 159 Å². The molecule has 1 atom stereocenters. The largest absolute Gasteiger partial charge is 0.448 e. The molecule has 2 fully saturated rings. The zero-order chi connectivity index (χ0) is 18.0. The van der Waals surface area contributed by atoms with Gasteiger partial charge >= 0.3 is 0 Å². The van der Waals surface area contributed by atoms with E-state index in [9.17, 15) is 4.79 Å². The quantitative estimate of drug-likeness (QED) is 0.867. The fraction of sp³-hybridized carbons (Fsp3) is 0.650. The predicted molar refractivity (Wildman–Crippen MR) is 105 cm³/mol. The average Bonchev–Trinajstić information content (AvgIpc) is 2.84. The number of rotatable bonds is 3. The van der Waals surface area contributed by atoms with E-state index >= 15 is 0 Å². The van der Waals surface area contributed by atoms with Crippen molar-refractivity contribution in [3.63, 3.8) is 0 Å². The van der Waals surface area contributed by atoms with Crippen molar-refractivity contribution in [1.29, 1.82) is 0 Å². The molecule has 0 bridgehead atoms. The molecule has 142 valence electrons. The van der Waals surface area contributed by atoms with Crippen LogP contribution < -0.4 is 14.8 Å². The Morgan fingerprint density at radius 3 is 2.88 bits per heavy atom. The summed E-state index contributed by atoms with van der Waals surface area (Å²) in [7, 11) is 0. The molecular formula is C20H28N2O3S. The predicted octanol–water partition coefficient (Wildman–Crippen LogP) is 3.88. The SMILES string of the molecule is CC1CCSCCN1CC(=O)Nc1ccc2c(c1)OC1(CCCCC1)O2. The number of ether oxygens (including phenoxy) is 2. The molecule has 1 aromatic carbocycles. The fourth-order valence-corrected chi connectivity index (χ4v) is 5.10. The van der Waals surface area contributed by atoms with Gasteiger partial charge in [-0.2, -0.15) is 11.8 Å². The van der Waals surface area contributed by atoms with E-state index in [2.05, 4.69) is 17.1 Å². The number of thioether (sulfide) groups is 1. The van der Waals surface area contributed by atoms with Crippen LogP contribution in [0.2, 0.25) is 0 Å². The van der Waals surface area contributed by atoms with Crippen molar-refractivity contribution in [2.75, 3.05) is 29.9 Å². The third kappa shape index (κ3) is 3.96. The van der Waals surface area contributed by atoms with E-state index in [1.807, 2.05) is 30.0 Å². The Bertz CT molecular complexity index is 660. The van der Waals surface area contributed by atoms with Gasteiger partial charge in [-0.1, -0.05) is 6.42 Å². The standard InChI is InChI=1S/C20H28N2O3S/c1-15-7-11-26-12-10-22(15)14-19(23)21-16-5-6-17-18(13-16)25-20(24-17)8-3-2-4-9-20/h5-6,13,15H,2-4,7-12,14H2,1H3,(H,21,23). The van der Waals surface area contributed by atoms with E-state index in [0.29, 0.717) is 12.6 Å². The highest BCUT2D eigenvalue weighted by Gasteiger charge is 2.42. The van der Waals surface area contributed by atoms with Gasteiger partial charge in [-0.3, -0.25) is 9.69 Å². The molecule has 1 amide bonds. The maximum absolute atomic E-state index is 12.5. The second-order valence-corrected chi connectivity index (χ2v) is 8.83. The summed E-state index contributed by atoms with van der Waals surface area (Å²) in [5.74, 6) is 3.40. The van der Waals surface area contributed by atoms with E-state index in [1.54, 1.807) is 0 Å². The van der Waals surface area contributed by atoms with E-state index in [0.717, 1.165) is 61.6 Å². The molecule has 1 N–H and O–H groups in total. The lowest BCUT2D eigenvalue weighted by atomic mass is 9.94. The van der Waals surface area contributed by atoms with Crippen LogP contribution in [-0.2, 0) is 4.79 Å². The van der Waals surface area contributed by atoms with Gasteiger partial charge < -0.3 is 14.8 Å². The second kappa shape index (κ2) is 7.69. The number of hydrogen-bond donors (Lipinski definition) is 1. The van der Waals surface area contributed by atoms with Gasteiger partial charge in [-0.05, 0) is 44.1 Å². The summed E-state index contributed by atoms with van der Waals surface area (Å²) in [6.45, 7) is 3.63. The molecule has 0 radical (unpaired) electrons. The van der Waals surface area contributed by atoms with Crippen molar-refractivity contribution in [2.45, 2.75) is 57.3 Å². The number of hydrogen-bond acceptors (Lipinski definition) is 5. The fourth-order valence-electron chi connectivity index (χ4n) is 4.03. The number of benzene rings is 1. The molecule has 1 aliphatic carbocycles. The lowest BCUT2D eigenvalue weighted by molar-refractivity contribution is -0.117. The molecular weight excluding hydrogens is 348 g/mol. The third-order valence-corrected chi connectivity index (χ3v) is 6.60. The maximum atomic E-state index is 12.5. The highest BCUT2D eigenvalue weighted by Crippen LogP contribution is 2.46. The summed E-state index contributed by atoms with van der Waals surface area (Å²) in [6.07, 6.45) is 6.56. The summed E-state index contributed by atoms with van der Waals surface area (Å²) in [4.78, 5) is 14.8. The van der Waals surface area contributed by atoms with Gasteiger partial charge in [-0.15, -0.1) is 0 Å². The average molecular weight is 377 g/mol. The van der Waals surface area contributed by atoms with Gasteiger partial charge in [0.2, 0.25) is 5.91 Å². The van der Waals surface area contributed by atoms with Gasteiger partial charge in [0.15, 0.2) is 11.5 Å². The number of anilines is 1. The number of nitrogens with zero attached hydrogens (tertiary/aromatic N) is 1. The molecule has 1 aromatic rings. The first-order valence-electron chi connectivity index (χ1n) is 9.77. The molecule has 5 nitrogen and oxygen atoms in total. The molecule has 1 spiro atoms. The number of nitrogens with one attached hydrogen (secondary N) is 1. The number of carbonyl (C=O) groups excluding carboxylic acids is 1. The van der Waals surface area contributed by atoms with Crippen LogP contribution in [0, 0.1) is 0 Å². The van der Waals surface area contributed by atoms with Crippen LogP contribution in [0.15, 0.2) is 18.2 Å². The van der Waals surface area contributed by atoms with E-state index in [4.69, 9.17) is 9.47 Å². The van der Waals surface area contributed by atoms with E-state index < -0.39 is 5.79 Å². The monoisotopic (exact) mass is 376 g/mol. The van der Waals surface area contributed by atoms with Crippen molar-refractivity contribution >= 4 is 23.4 Å². The normalized spacial score (nSPS) is 25.0. The number of amides is 1. The number of carbonyl (C=O) groups is 1. The summed E-state index contributed by atoms with van der Waals surface area (Å²) in [6, 6.07) is 6.18. The minimum atomic E-state index is -0.470. The zero-order valence-corrected chi connectivity index (χ0v) is 16.3. The minimum Gasteiger partial charge on any atom is -0.448 e. The molecule has 3 aliphatic rings. The molecule has 0 aromatic heterocycles. The molecule has 1 saturated heterocycles. The van der Waals surface area contributed by atoms with Crippen LogP contribution in [-0.4, -0.2) is 47.2 Å². The van der Waals surface area contributed by atoms with Gasteiger partial charge in [0, 0.05) is 42.9 Å². The third-order valence-electron chi connectivity index (χ3n) is 5.61. The van der Waals surface area contributed by atoms with Gasteiger partial charge in [0.1, 0.15) is 0 Å². The van der Waals surface area contributed by atoms with E-state index in [-0.39, 0.29) is 5.91 Å². The van der Waals surface area contributed by atoms with Crippen LogP contribution >= 0.6 is 11.8 Å². The van der Waals surface area contributed by atoms with Crippen molar-refractivity contribution in [3.8, 4) is 11.5 Å². The number of fused-ring (bicyclic) bond motifs is 1. The maximum Gasteiger partial charge on any atom is 0.251 e. The Hall–Kier alpha value is -1.40. The Balaban J connectivity index is 1.37. The first kappa shape index (κ1) is 18.0. The lowest BCUT2D eigenvalue weighted by Gasteiger charge is -2.31. The minimum absolute atomic E-state index is 0.0370. The molecule has 2 aliphatic heterocycles. The summed E-state index contributed by atoms with van der Waals surface area (Å²) >= 11 is 1.97. The van der Waals surface area contributed by atoms with Crippen LogP contribution in [0.3, 0.4) is 0 Å². The zero-order valence-electron chi connectivity index (χ0n) is 15.5. The van der Waals surface area contributed by atoms with Crippen LogP contribution in [0.4, 0.5) is 5.69 Å². The summed E-state index contributed by atoms with van der Waals surface area (Å²) in [5, 5.41) is 3.03. The summed E-state index contributed by atoms with van der Waals surface area (Å²) < 4.78 is 12.3. The van der Waals surface area contributed by atoms with Crippen LogP contribution in [0.1, 0.15) is 45.4 Å². The lowest BCUT2D eigenvalue weighted by Crippen LogP contribution is -2.40. The smallest absolute Gasteiger partial charge is 0.251 e. The van der Waals surface area contributed by atoms with Gasteiger partial charge in [-0.25, -0.2) is 0 Å². The van der Waals surface area contributed by atoms with Crippen molar-refractivity contribution < 1.29 is 14.3 Å². The molecule has 1 unspecified atom stereocenters. The summed E-state index contributed by atoms with van der Waals surface area (Å²) in [5.41, 5.74) is 0.780. The van der Waals surface area contributed by atoms with Crippen molar-refractivity contribution in [2.24, 2.45) is 0 Å². The van der Waals surface area contributed by atoms with Gasteiger partial charge in [0.05, 0.1) is 6.54 Å². The van der Waals surface area contributed by atoms with E-state index in [1.165, 1.54) is 12.2 Å². The van der Waals surface area contributed by atoms with Crippen molar-refractivity contribution in [1.82, 2.24) is 4.90 Å². The second-order valence-electron chi connectivity index (χ2n) is 7.61. The molecule has 26 heavy (non-hydrogen) atoms. The molecule has 1 saturated carbocycles. The highest BCUT2D eigenvalue weighted by atomic mass is 32.2. The van der Waals surface area contributed by atoms with Crippen molar-refractivity contribution in [3.05, 3.63) is 18.2 Å². The van der Waals surface area contributed by atoms with Gasteiger partial charge in [0.25, 0.3) is 5.79 Å². The Morgan fingerprint density at radius 1 is 1.23 bits per heavy atom. The van der Waals surface area contributed by atoms with Crippen LogP contribution in [0.5, 0.6) is 11.5 Å². The molecule has 4 rings (SSSR count). The molecule has 6 heteroatoms. The molecule has 2 heterocycles.